The lowest BCUT2D eigenvalue weighted by Gasteiger charge is -2.29. The minimum atomic E-state index is -0.252. The highest BCUT2D eigenvalue weighted by Gasteiger charge is 2.17. The molecule has 3 N–H and O–H groups in total. The molecule has 0 saturated carbocycles. The number of rotatable bonds is 4. The highest BCUT2D eigenvalue weighted by atomic mass is 35.5. The maximum atomic E-state index is 13.0. The van der Waals surface area contributed by atoms with Crippen molar-refractivity contribution in [3.8, 4) is 5.69 Å². The molecule has 0 spiro atoms. The van der Waals surface area contributed by atoms with Crippen molar-refractivity contribution in [3.05, 3.63) is 73.5 Å². The average molecular weight is 451 g/mol. The van der Waals surface area contributed by atoms with Crippen LogP contribution in [-0.4, -0.2) is 39.1 Å². The van der Waals surface area contributed by atoms with Crippen molar-refractivity contribution in [2.45, 2.75) is 26.2 Å². The van der Waals surface area contributed by atoms with E-state index in [1.807, 2.05) is 19.1 Å². The summed E-state index contributed by atoms with van der Waals surface area (Å²) in [5.74, 6) is 0. The fourth-order valence-electron chi connectivity index (χ4n) is 4.17. The zero-order valence-corrected chi connectivity index (χ0v) is 18.4. The lowest BCUT2D eigenvalue weighted by molar-refractivity contribution is 0.578. The molecule has 5 rings (SSSR count). The molecule has 0 amide bonds. The number of hydrogen-bond donors (Lipinski definition) is 3. The predicted octanol–water partition coefficient (Wildman–Crippen LogP) is 4.04. The van der Waals surface area contributed by atoms with Crippen LogP contribution in [0.3, 0.4) is 0 Å². The van der Waals surface area contributed by atoms with Gasteiger partial charge in [-0.05, 0) is 62.6 Å². The monoisotopic (exact) mass is 450 g/mol. The Morgan fingerprint density at radius 3 is 2.41 bits per heavy atom. The van der Waals surface area contributed by atoms with Gasteiger partial charge in [0.1, 0.15) is 0 Å². The van der Waals surface area contributed by atoms with Crippen LogP contribution in [0.2, 0.25) is 5.02 Å². The summed E-state index contributed by atoms with van der Waals surface area (Å²) in [6.07, 6.45) is 5.05. The Hall–Kier alpha value is -3.52. The van der Waals surface area contributed by atoms with Crippen LogP contribution in [-0.2, 0) is 0 Å². The van der Waals surface area contributed by atoms with E-state index >= 15 is 0 Å². The normalized spacial score (nSPS) is 14.6. The van der Waals surface area contributed by atoms with Crippen molar-refractivity contribution < 1.29 is 0 Å². The Morgan fingerprint density at radius 1 is 1.00 bits per heavy atom. The van der Waals surface area contributed by atoms with Crippen molar-refractivity contribution in [1.29, 1.82) is 0 Å². The van der Waals surface area contributed by atoms with Crippen LogP contribution >= 0.6 is 11.6 Å². The molecule has 164 valence electrons. The maximum Gasteiger partial charge on any atom is 0.323 e. The first-order chi connectivity index (χ1) is 15.5. The maximum absolute atomic E-state index is 13.0. The van der Waals surface area contributed by atoms with Gasteiger partial charge in [0.2, 0.25) is 0 Å². The van der Waals surface area contributed by atoms with Gasteiger partial charge in [-0.2, -0.15) is 0 Å². The number of nitrogens with one attached hydrogen (secondary N) is 3. The highest BCUT2D eigenvalue weighted by molar-refractivity contribution is 6.30. The van der Waals surface area contributed by atoms with E-state index in [0.29, 0.717) is 33.2 Å². The number of fused-ring (bicyclic) bond motifs is 1. The molecule has 2 aromatic carbocycles. The van der Waals surface area contributed by atoms with E-state index in [9.17, 15) is 9.59 Å². The quantitative estimate of drug-likeness (QED) is 0.409. The molecule has 1 fully saturated rings. The van der Waals surface area contributed by atoms with E-state index in [-0.39, 0.29) is 11.2 Å². The van der Waals surface area contributed by atoms with Gasteiger partial charge in [-0.1, -0.05) is 11.6 Å². The second-order valence-corrected chi connectivity index (χ2v) is 8.48. The van der Waals surface area contributed by atoms with Gasteiger partial charge in [0.05, 0.1) is 33.7 Å². The average Bonchev–Trinajstić information content (AvgIpc) is 3.30. The van der Waals surface area contributed by atoms with Crippen molar-refractivity contribution in [3.63, 3.8) is 0 Å². The minimum absolute atomic E-state index is 0.191. The Morgan fingerprint density at radius 2 is 1.69 bits per heavy atom. The predicted molar refractivity (Wildman–Crippen MR) is 128 cm³/mol. The topological polar surface area (TPSA) is 102 Å². The smallest absolute Gasteiger partial charge is 0.323 e. The number of halogens is 1. The molecule has 0 aliphatic carbocycles. The SMILES string of the molecule is Cc1[nH]n(-c2ccc(Cl)cc2)c(=O)c1C=Nc1cc2[nH]c(=O)[nH]c2cc1N1CCCCC1. The van der Waals surface area contributed by atoms with E-state index in [1.165, 1.54) is 11.1 Å². The number of anilines is 1. The molecule has 0 radical (unpaired) electrons. The number of nitrogens with zero attached hydrogens (tertiary/aromatic N) is 3. The second-order valence-electron chi connectivity index (χ2n) is 8.04. The van der Waals surface area contributed by atoms with E-state index in [1.54, 1.807) is 30.5 Å². The number of aromatic amines is 3. The molecule has 4 aromatic rings. The summed E-state index contributed by atoms with van der Waals surface area (Å²) >= 11 is 5.97. The molecule has 0 atom stereocenters. The molecular formula is C23H23ClN6O2. The number of hydrogen-bond acceptors (Lipinski definition) is 4. The molecule has 0 unspecified atom stereocenters. The van der Waals surface area contributed by atoms with Crippen molar-refractivity contribution in [2.24, 2.45) is 4.99 Å². The molecule has 2 aromatic heterocycles. The standard InChI is InChI=1S/C23H23ClN6O2/c1-14-17(22(31)30(28-14)16-7-5-15(24)6-8-16)13-25-20-11-18-19(27-23(32)26-18)12-21(20)29-9-3-2-4-10-29/h5-8,11-13,28H,2-4,9-10H2,1H3,(H2,26,27,32). The van der Waals surface area contributed by atoms with Crippen molar-refractivity contribution in [1.82, 2.24) is 19.7 Å². The minimum Gasteiger partial charge on any atom is -0.370 e. The number of piperidine rings is 1. The van der Waals surface area contributed by atoms with Gasteiger partial charge in [-0.15, -0.1) is 0 Å². The largest absolute Gasteiger partial charge is 0.370 e. The van der Waals surface area contributed by atoms with Gasteiger partial charge in [0.15, 0.2) is 0 Å². The molecule has 3 heterocycles. The third-order valence-corrected chi connectivity index (χ3v) is 6.09. The number of imidazole rings is 1. The molecule has 32 heavy (non-hydrogen) atoms. The fraction of sp³-hybridized carbons (Fsp3) is 0.261. The Balaban J connectivity index is 1.57. The summed E-state index contributed by atoms with van der Waals surface area (Å²) < 4.78 is 1.48. The Labute approximate surface area is 188 Å². The number of H-pyrrole nitrogens is 3. The Bertz CT molecular complexity index is 1420. The molecule has 1 aliphatic rings. The molecular weight excluding hydrogens is 428 g/mol. The van der Waals surface area contributed by atoms with E-state index < -0.39 is 0 Å². The lowest BCUT2D eigenvalue weighted by Crippen LogP contribution is -2.29. The number of aliphatic imine (C=N–C) groups is 1. The molecule has 9 heteroatoms. The molecule has 0 bridgehead atoms. The van der Waals surface area contributed by atoms with Gasteiger partial charge in [0, 0.05) is 30.0 Å². The summed E-state index contributed by atoms with van der Waals surface area (Å²) in [5.41, 5.74) is 4.55. The second kappa shape index (κ2) is 8.20. The first-order valence-corrected chi connectivity index (χ1v) is 11.0. The van der Waals surface area contributed by atoms with Gasteiger partial charge in [-0.3, -0.25) is 14.9 Å². The molecule has 8 nitrogen and oxygen atoms in total. The lowest BCUT2D eigenvalue weighted by atomic mass is 10.1. The summed E-state index contributed by atoms with van der Waals surface area (Å²) in [6, 6.07) is 10.9. The van der Waals surface area contributed by atoms with Crippen LogP contribution in [0.5, 0.6) is 0 Å². The van der Waals surface area contributed by atoms with Crippen LogP contribution < -0.4 is 16.1 Å². The van der Waals surface area contributed by atoms with Gasteiger partial charge < -0.3 is 14.9 Å². The van der Waals surface area contributed by atoms with Crippen molar-refractivity contribution >= 4 is 40.2 Å². The zero-order chi connectivity index (χ0) is 22.2. The zero-order valence-electron chi connectivity index (χ0n) is 17.6. The van der Waals surface area contributed by atoms with E-state index in [2.05, 4.69) is 20.0 Å². The fourth-order valence-corrected chi connectivity index (χ4v) is 4.29. The van der Waals surface area contributed by atoms with E-state index in [4.69, 9.17) is 16.6 Å². The highest BCUT2D eigenvalue weighted by Crippen LogP contribution is 2.33. The number of benzene rings is 2. The van der Waals surface area contributed by atoms with Crippen LogP contribution in [0.4, 0.5) is 11.4 Å². The number of aromatic nitrogens is 4. The summed E-state index contributed by atoms with van der Waals surface area (Å²) in [6.45, 7) is 3.72. The summed E-state index contributed by atoms with van der Waals surface area (Å²) in [4.78, 5) is 37.4. The Kier molecular flexibility index (Phi) is 5.22. The summed E-state index contributed by atoms with van der Waals surface area (Å²) in [7, 11) is 0. The van der Waals surface area contributed by atoms with Crippen LogP contribution in [0.25, 0.3) is 16.7 Å². The third kappa shape index (κ3) is 3.78. The first kappa shape index (κ1) is 20.4. The first-order valence-electron chi connectivity index (χ1n) is 10.6. The van der Waals surface area contributed by atoms with Crippen LogP contribution in [0.1, 0.15) is 30.5 Å². The number of aryl methyl sites for hydroxylation is 1. The van der Waals surface area contributed by atoms with Crippen LogP contribution in [0.15, 0.2) is 51.0 Å². The van der Waals surface area contributed by atoms with Crippen molar-refractivity contribution in [2.75, 3.05) is 18.0 Å². The summed E-state index contributed by atoms with van der Waals surface area (Å²) in [5, 5.41) is 3.71. The van der Waals surface area contributed by atoms with E-state index in [0.717, 1.165) is 37.1 Å². The van der Waals surface area contributed by atoms with Gasteiger partial charge >= 0.3 is 5.69 Å². The van der Waals surface area contributed by atoms with Gasteiger partial charge in [0.25, 0.3) is 5.56 Å². The molecule has 1 aliphatic heterocycles. The third-order valence-electron chi connectivity index (χ3n) is 5.84. The molecule has 1 saturated heterocycles. The van der Waals surface area contributed by atoms with Crippen LogP contribution in [0, 0.1) is 6.92 Å². The van der Waals surface area contributed by atoms with Gasteiger partial charge in [-0.25, -0.2) is 9.48 Å².